The lowest BCUT2D eigenvalue weighted by molar-refractivity contribution is -0.143. The molecule has 1 aliphatic carbocycles. The van der Waals surface area contributed by atoms with Gasteiger partial charge in [0, 0.05) is 25.4 Å². The summed E-state index contributed by atoms with van der Waals surface area (Å²) in [6, 6.07) is -0.421. The molecule has 0 bridgehead atoms. The van der Waals surface area contributed by atoms with E-state index in [1.165, 1.54) is 0 Å². The summed E-state index contributed by atoms with van der Waals surface area (Å²) in [4.78, 5) is 0.634. The Morgan fingerprint density at radius 2 is 1.52 bits per heavy atom. The Balaban J connectivity index is 2.88. The van der Waals surface area contributed by atoms with Crippen LogP contribution in [0.5, 0.6) is 0 Å². The number of rotatable bonds is 9. The van der Waals surface area contributed by atoms with Crippen molar-refractivity contribution in [1.82, 2.24) is 5.32 Å². The van der Waals surface area contributed by atoms with Crippen molar-refractivity contribution in [2.75, 3.05) is 6.61 Å². The van der Waals surface area contributed by atoms with Gasteiger partial charge in [-0.1, -0.05) is 53.8 Å². The molecule has 0 aromatic heterocycles. The van der Waals surface area contributed by atoms with Crippen molar-refractivity contribution in [3.63, 3.8) is 0 Å². The monoisotopic (exact) mass is 463 g/mol. The lowest BCUT2D eigenvalue weighted by Crippen LogP contribution is -2.52. The van der Waals surface area contributed by atoms with Crippen LogP contribution in [0.25, 0.3) is 0 Å². The maximum Gasteiger partial charge on any atom is 0.106 e. The van der Waals surface area contributed by atoms with Crippen LogP contribution in [0.15, 0.2) is 0 Å². The fourth-order valence-corrected chi connectivity index (χ4v) is 4.72. The van der Waals surface area contributed by atoms with E-state index in [4.69, 9.17) is 12.2 Å². The van der Waals surface area contributed by atoms with Gasteiger partial charge in [0.25, 0.3) is 0 Å². The van der Waals surface area contributed by atoms with Gasteiger partial charge in [-0.2, -0.15) is 0 Å². The van der Waals surface area contributed by atoms with Crippen LogP contribution in [-0.2, 0) is 0 Å². The number of aliphatic hydroxyl groups excluding tert-OH is 6. The second kappa shape index (κ2) is 11.7. The molecule has 0 saturated heterocycles. The molecule has 8 heteroatoms. The van der Waals surface area contributed by atoms with Gasteiger partial charge >= 0.3 is 0 Å². The highest BCUT2D eigenvalue weighted by atomic mass is 32.1. The maximum absolute atomic E-state index is 10.9. The van der Waals surface area contributed by atoms with Crippen LogP contribution >= 0.6 is 12.2 Å². The van der Waals surface area contributed by atoms with Gasteiger partial charge in [0.2, 0.25) is 0 Å². The SMILES string of the molecule is CC(C)(C)CC(=S)NC(CCC1CC(CO)C(O)C(O)C1O)C(O)CC(O)C(C)(C)C. The van der Waals surface area contributed by atoms with E-state index in [0.717, 1.165) is 0 Å². The van der Waals surface area contributed by atoms with E-state index in [0.29, 0.717) is 30.7 Å². The molecule has 0 heterocycles. The third kappa shape index (κ3) is 9.20. The molecule has 31 heavy (non-hydrogen) atoms. The Labute approximate surface area is 192 Å². The number of aliphatic hydroxyl groups is 6. The summed E-state index contributed by atoms with van der Waals surface area (Å²) in [6.07, 6.45) is -2.95. The zero-order chi connectivity index (χ0) is 24.1. The molecular weight excluding hydrogens is 418 g/mol. The van der Waals surface area contributed by atoms with Crippen molar-refractivity contribution in [2.45, 2.75) is 110 Å². The number of hydrogen-bond donors (Lipinski definition) is 7. The molecule has 0 aliphatic heterocycles. The van der Waals surface area contributed by atoms with Crippen molar-refractivity contribution >= 4 is 17.2 Å². The first kappa shape index (κ1) is 28.7. The van der Waals surface area contributed by atoms with Crippen LogP contribution in [0.3, 0.4) is 0 Å². The van der Waals surface area contributed by atoms with Gasteiger partial charge in [0.15, 0.2) is 0 Å². The Hall–Kier alpha value is -0.350. The smallest absolute Gasteiger partial charge is 0.106 e. The molecule has 184 valence electrons. The fourth-order valence-electron chi connectivity index (χ4n) is 4.14. The number of nitrogens with one attached hydrogen (secondary N) is 1. The third-order valence-electron chi connectivity index (χ3n) is 6.32. The summed E-state index contributed by atoms with van der Waals surface area (Å²) < 4.78 is 0. The van der Waals surface area contributed by atoms with Crippen molar-refractivity contribution in [1.29, 1.82) is 0 Å². The molecule has 0 amide bonds. The average molecular weight is 464 g/mol. The first-order valence-electron chi connectivity index (χ1n) is 11.4. The topological polar surface area (TPSA) is 133 Å². The van der Waals surface area contributed by atoms with E-state index < -0.39 is 42.5 Å². The van der Waals surface area contributed by atoms with Gasteiger partial charge in [0.1, 0.15) is 6.10 Å². The number of thiocarbonyl (C=S) groups is 1. The summed E-state index contributed by atoms with van der Waals surface area (Å²) in [5, 5.41) is 64.7. The molecule has 1 aliphatic rings. The largest absolute Gasteiger partial charge is 0.396 e. The van der Waals surface area contributed by atoms with Crippen LogP contribution in [0.1, 0.15) is 73.6 Å². The Morgan fingerprint density at radius 3 is 2.00 bits per heavy atom. The van der Waals surface area contributed by atoms with Crippen molar-refractivity contribution in [3.05, 3.63) is 0 Å². The van der Waals surface area contributed by atoms with Gasteiger partial charge in [-0.05, 0) is 36.0 Å². The molecule has 8 unspecified atom stereocenters. The molecular formula is C23H45NO6S. The predicted octanol–water partition coefficient (Wildman–Crippen LogP) is 1.36. The molecule has 0 aromatic carbocycles. The highest BCUT2D eigenvalue weighted by Gasteiger charge is 2.42. The predicted molar refractivity (Wildman–Crippen MR) is 126 cm³/mol. The summed E-state index contributed by atoms with van der Waals surface area (Å²) in [5.41, 5.74) is -0.385. The van der Waals surface area contributed by atoms with Crippen molar-refractivity contribution in [2.24, 2.45) is 22.7 Å². The normalized spacial score (nSPS) is 30.5. The van der Waals surface area contributed by atoms with Gasteiger partial charge in [-0.25, -0.2) is 0 Å². The van der Waals surface area contributed by atoms with Crippen molar-refractivity contribution in [3.8, 4) is 0 Å². The van der Waals surface area contributed by atoms with E-state index in [1.54, 1.807) is 0 Å². The first-order valence-corrected chi connectivity index (χ1v) is 11.8. The highest BCUT2D eigenvalue weighted by molar-refractivity contribution is 7.80. The molecule has 1 fully saturated rings. The second-order valence-corrected chi connectivity index (χ2v) is 12.1. The van der Waals surface area contributed by atoms with Crippen LogP contribution in [0.4, 0.5) is 0 Å². The Bertz CT molecular complexity index is 559. The van der Waals surface area contributed by atoms with Crippen LogP contribution < -0.4 is 5.32 Å². The summed E-state index contributed by atoms with van der Waals surface area (Å²) in [5.74, 6) is -0.819. The quantitative estimate of drug-likeness (QED) is 0.255. The van der Waals surface area contributed by atoms with E-state index in [9.17, 15) is 30.6 Å². The lowest BCUT2D eigenvalue weighted by Gasteiger charge is -2.40. The third-order valence-corrected chi connectivity index (χ3v) is 6.58. The van der Waals surface area contributed by atoms with Gasteiger partial charge in [-0.15, -0.1) is 0 Å². The van der Waals surface area contributed by atoms with Crippen LogP contribution in [0, 0.1) is 22.7 Å². The molecule has 1 rings (SSSR count). The maximum atomic E-state index is 10.9. The van der Waals surface area contributed by atoms with Crippen LogP contribution in [0.2, 0.25) is 0 Å². The number of hydrogen-bond acceptors (Lipinski definition) is 7. The summed E-state index contributed by atoms with van der Waals surface area (Å²) in [7, 11) is 0. The minimum absolute atomic E-state index is 0.0152. The molecule has 7 N–H and O–H groups in total. The molecule has 0 radical (unpaired) electrons. The standard InChI is InChI=1S/C23H45NO6S/c1-22(2,3)11-18(31)24-15(16(26)10-17(27)23(4,5)6)8-7-13-9-14(12-25)20(29)21(30)19(13)28/h13-17,19-21,25-30H,7-12H2,1-6H3,(H,24,31). The van der Waals surface area contributed by atoms with E-state index in [1.807, 2.05) is 20.8 Å². The molecule has 7 nitrogen and oxygen atoms in total. The van der Waals surface area contributed by atoms with Gasteiger partial charge < -0.3 is 36.0 Å². The fraction of sp³-hybridized carbons (Fsp3) is 0.957. The van der Waals surface area contributed by atoms with E-state index in [-0.39, 0.29) is 29.8 Å². The minimum atomic E-state index is -1.31. The molecule has 0 spiro atoms. The van der Waals surface area contributed by atoms with Gasteiger partial charge in [-0.3, -0.25) is 0 Å². The molecule has 8 atom stereocenters. The molecule has 1 saturated carbocycles. The second-order valence-electron chi connectivity index (χ2n) is 11.6. The average Bonchev–Trinajstić information content (AvgIpc) is 2.62. The Kier molecular flexibility index (Phi) is 10.8. The van der Waals surface area contributed by atoms with Crippen LogP contribution in [-0.4, -0.2) is 78.8 Å². The highest BCUT2D eigenvalue weighted by Crippen LogP contribution is 2.34. The summed E-state index contributed by atoms with van der Waals surface area (Å²) >= 11 is 5.51. The Morgan fingerprint density at radius 1 is 0.968 bits per heavy atom. The zero-order valence-corrected chi connectivity index (χ0v) is 20.8. The molecule has 0 aromatic rings. The van der Waals surface area contributed by atoms with E-state index >= 15 is 0 Å². The van der Waals surface area contributed by atoms with E-state index in [2.05, 4.69) is 26.1 Å². The van der Waals surface area contributed by atoms with Gasteiger partial charge in [0.05, 0.1) is 35.4 Å². The minimum Gasteiger partial charge on any atom is -0.396 e. The zero-order valence-electron chi connectivity index (χ0n) is 20.0. The first-order chi connectivity index (χ1) is 14.1. The van der Waals surface area contributed by atoms with Crippen molar-refractivity contribution < 1.29 is 30.6 Å². The summed E-state index contributed by atoms with van der Waals surface area (Å²) in [6.45, 7) is 11.7. The lowest BCUT2D eigenvalue weighted by atomic mass is 9.73.